The van der Waals surface area contributed by atoms with Gasteiger partial charge >= 0.3 is 6.09 Å². The normalized spacial score (nSPS) is 18.7. The van der Waals surface area contributed by atoms with E-state index in [0.29, 0.717) is 68.4 Å². The number of likely N-dealkylation sites (tertiary alicyclic amines) is 1. The third kappa shape index (κ3) is 11.0. The molecule has 1 saturated heterocycles. The van der Waals surface area contributed by atoms with Crippen LogP contribution in [-0.2, 0) is 25.7 Å². The second-order valence-corrected chi connectivity index (χ2v) is 15.9. The molecule has 0 aromatic heterocycles. The van der Waals surface area contributed by atoms with Crippen molar-refractivity contribution < 1.29 is 38.9 Å². The maximum atomic E-state index is 13.0. The molecule has 2 heterocycles. The average Bonchev–Trinajstić information content (AvgIpc) is 3.80. The molecule has 2 unspecified atom stereocenters. The van der Waals surface area contributed by atoms with Crippen LogP contribution in [0.25, 0.3) is 11.1 Å². The minimum Gasteiger partial charge on any atom is -0.506 e. The second kappa shape index (κ2) is 19.9. The number of phenolic OH excluding ortho intramolecular Hbond substituents is 1. The summed E-state index contributed by atoms with van der Waals surface area (Å²) >= 11 is 0. The zero-order chi connectivity index (χ0) is 42.0. The number of nitrogens with one attached hydrogen (secondary N) is 4. The summed E-state index contributed by atoms with van der Waals surface area (Å²) in [5.74, 6) is 0.622. The lowest BCUT2D eigenvalue weighted by Crippen LogP contribution is -2.33. The van der Waals surface area contributed by atoms with E-state index in [1.54, 1.807) is 11.0 Å². The average molecular weight is 819 g/mol. The SMILES string of the molecule is CN(CCCCC(=O)Nc1cccc(CNC[C@H](O)c2ccc(O)c3c2OCC(=O)N3)c1)C(=O)CCN1CC2CC(OC(=O)Nc3ccccc3-c3ccccc3)CC2C1. The van der Waals surface area contributed by atoms with Gasteiger partial charge in [0.15, 0.2) is 12.4 Å². The number of aromatic hydroxyl groups is 1. The van der Waals surface area contributed by atoms with Crippen LogP contribution in [-0.4, -0.2) is 96.3 Å². The predicted octanol–water partition coefficient (Wildman–Crippen LogP) is 6.13. The predicted molar refractivity (Wildman–Crippen MR) is 228 cm³/mol. The van der Waals surface area contributed by atoms with Crippen LogP contribution >= 0.6 is 0 Å². The minimum atomic E-state index is -0.953. The third-order valence-electron chi connectivity index (χ3n) is 11.5. The quantitative estimate of drug-likeness (QED) is 0.0536. The highest BCUT2D eigenvalue weighted by Gasteiger charge is 2.42. The number of fused-ring (bicyclic) bond motifs is 2. The van der Waals surface area contributed by atoms with Gasteiger partial charge in [-0.1, -0.05) is 60.7 Å². The number of para-hydroxylation sites is 1. The number of aliphatic hydroxyl groups excluding tert-OH is 1. The molecule has 7 rings (SSSR count). The first-order chi connectivity index (χ1) is 29.1. The molecule has 2 fully saturated rings. The number of hydrogen-bond donors (Lipinski definition) is 6. The van der Waals surface area contributed by atoms with Gasteiger partial charge in [0, 0.05) is 76.0 Å². The summed E-state index contributed by atoms with van der Waals surface area (Å²) in [5, 5.41) is 32.6. The van der Waals surface area contributed by atoms with E-state index in [2.05, 4.69) is 26.2 Å². The van der Waals surface area contributed by atoms with Gasteiger partial charge in [0.05, 0.1) is 11.8 Å². The Morgan fingerprint density at radius 2 is 1.70 bits per heavy atom. The van der Waals surface area contributed by atoms with Crippen LogP contribution in [0.15, 0.2) is 91.0 Å². The number of ether oxygens (including phenoxy) is 2. The molecule has 3 aliphatic rings. The smallest absolute Gasteiger partial charge is 0.411 e. The lowest BCUT2D eigenvalue weighted by molar-refractivity contribution is -0.130. The van der Waals surface area contributed by atoms with Gasteiger partial charge in [-0.2, -0.15) is 0 Å². The fourth-order valence-corrected chi connectivity index (χ4v) is 8.46. The van der Waals surface area contributed by atoms with Crippen molar-refractivity contribution in [3.63, 3.8) is 0 Å². The molecule has 0 spiro atoms. The molecule has 4 aromatic rings. The van der Waals surface area contributed by atoms with E-state index in [4.69, 9.17) is 9.47 Å². The summed E-state index contributed by atoms with van der Waals surface area (Å²) in [6.07, 6.45) is 2.29. The lowest BCUT2D eigenvalue weighted by atomic mass is 10.0. The third-order valence-corrected chi connectivity index (χ3v) is 11.5. The molecule has 0 radical (unpaired) electrons. The van der Waals surface area contributed by atoms with E-state index in [9.17, 15) is 29.4 Å². The van der Waals surface area contributed by atoms with Gasteiger partial charge in [-0.3, -0.25) is 19.7 Å². The van der Waals surface area contributed by atoms with E-state index in [1.807, 2.05) is 85.9 Å². The van der Waals surface area contributed by atoms with Crippen molar-refractivity contribution in [3.8, 4) is 22.6 Å². The zero-order valence-electron chi connectivity index (χ0n) is 33.9. The van der Waals surface area contributed by atoms with Crippen molar-refractivity contribution in [3.05, 3.63) is 102 Å². The maximum Gasteiger partial charge on any atom is 0.411 e. The summed E-state index contributed by atoms with van der Waals surface area (Å²) in [6, 6.07) is 28.1. The lowest BCUT2D eigenvalue weighted by Gasteiger charge is -2.24. The van der Waals surface area contributed by atoms with Crippen LogP contribution in [0.3, 0.4) is 0 Å². The summed E-state index contributed by atoms with van der Waals surface area (Å²) in [4.78, 5) is 54.4. The number of rotatable bonds is 17. The first-order valence-electron chi connectivity index (χ1n) is 20.7. The van der Waals surface area contributed by atoms with Crippen LogP contribution in [0.1, 0.15) is 55.8 Å². The Hall–Kier alpha value is -5.96. The van der Waals surface area contributed by atoms with Crippen LogP contribution in [0.2, 0.25) is 0 Å². The maximum absolute atomic E-state index is 13.0. The molecule has 316 valence electrons. The molecule has 60 heavy (non-hydrogen) atoms. The highest BCUT2D eigenvalue weighted by atomic mass is 16.6. The van der Waals surface area contributed by atoms with Crippen LogP contribution in [0.5, 0.6) is 11.5 Å². The van der Waals surface area contributed by atoms with Gasteiger partial charge in [0.2, 0.25) is 11.8 Å². The van der Waals surface area contributed by atoms with E-state index in [1.165, 1.54) is 6.07 Å². The molecule has 14 nitrogen and oxygen atoms in total. The molecule has 0 bridgehead atoms. The number of carbonyl (C=O) groups is 4. The van der Waals surface area contributed by atoms with Crippen molar-refractivity contribution in [2.45, 2.75) is 57.3 Å². The Morgan fingerprint density at radius 1 is 0.933 bits per heavy atom. The number of anilines is 3. The van der Waals surface area contributed by atoms with E-state index < -0.39 is 12.2 Å². The Labute approximate surface area is 350 Å². The number of aliphatic hydroxyl groups is 1. The molecular formula is C46H54N6O8. The minimum absolute atomic E-state index is 0.0902. The molecule has 14 heteroatoms. The standard InChI is InChI=1S/C46H54N6O8/c1-51(43(57)19-21-52-27-32-23-35(24-33(32)28-52)60-46(58)49-38-15-6-5-14-36(38)31-11-3-2-4-12-31)20-8-7-16-41(55)48-34-13-9-10-30(22-34)25-47-26-40(54)37-17-18-39(53)44-45(37)59-29-42(56)50-44/h2-6,9-15,17-18,22,32-33,35,40,47,53-54H,7-8,16,19-21,23-29H2,1H3,(H,48,55)(H,49,58)(H,50,56)/t32?,33?,35?,40-/m0/s1. The molecule has 1 saturated carbocycles. The van der Waals surface area contributed by atoms with Crippen LogP contribution in [0.4, 0.5) is 21.9 Å². The summed E-state index contributed by atoms with van der Waals surface area (Å²) in [5.41, 5.74) is 4.87. The Bertz CT molecular complexity index is 2140. The van der Waals surface area contributed by atoms with Crippen molar-refractivity contribution in [1.29, 1.82) is 0 Å². The number of hydrogen-bond acceptors (Lipinski definition) is 10. The fourth-order valence-electron chi connectivity index (χ4n) is 8.46. The molecular weight excluding hydrogens is 765 g/mol. The van der Waals surface area contributed by atoms with Gasteiger partial charge in [0.25, 0.3) is 5.91 Å². The monoisotopic (exact) mass is 818 g/mol. The second-order valence-electron chi connectivity index (χ2n) is 15.9. The highest BCUT2D eigenvalue weighted by molar-refractivity contribution is 5.97. The Morgan fingerprint density at radius 3 is 2.50 bits per heavy atom. The van der Waals surface area contributed by atoms with Crippen LogP contribution in [0, 0.1) is 11.8 Å². The molecule has 6 N–H and O–H groups in total. The Kier molecular flexibility index (Phi) is 14.0. The molecule has 4 aromatic carbocycles. The summed E-state index contributed by atoms with van der Waals surface area (Å²) in [6.45, 7) is 3.50. The number of carbonyl (C=O) groups excluding carboxylic acids is 4. The molecule has 2 aliphatic heterocycles. The molecule has 4 amide bonds. The molecule has 3 atom stereocenters. The van der Waals surface area contributed by atoms with E-state index in [-0.39, 0.29) is 54.2 Å². The van der Waals surface area contributed by atoms with Crippen molar-refractivity contribution in [2.75, 3.05) is 62.3 Å². The number of phenols is 1. The first-order valence-corrected chi connectivity index (χ1v) is 20.7. The summed E-state index contributed by atoms with van der Waals surface area (Å²) in [7, 11) is 1.82. The van der Waals surface area contributed by atoms with Gasteiger partial charge in [-0.15, -0.1) is 0 Å². The van der Waals surface area contributed by atoms with Gasteiger partial charge in [-0.05, 0) is 79.0 Å². The van der Waals surface area contributed by atoms with E-state index >= 15 is 0 Å². The largest absolute Gasteiger partial charge is 0.506 e. The highest BCUT2D eigenvalue weighted by Crippen LogP contribution is 2.42. The van der Waals surface area contributed by atoms with Gasteiger partial charge < -0.3 is 45.4 Å². The van der Waals surface area contributed by atoms with Crippen molar-refractivity contribution in [1.82, 2.24) is 15.1 Å². The van der Waals surface area contributed by atoms with Crippen LogP contribution < -0.4 is 26.0 Å². The number of benzene rings is 4. The summed E-state index contributed by atoms with van der Waals surface area (Å²) < 4.78 is 11.4. The van der Waals surface area contributed by atoms with Crippen molar-refractivity contribution >= 4 is 40.9 Å². The number of unbranched alkanes of at least 4 members (excludes halogenated alkanes) is 1. The topological polar surface area (TPSA) is 182 Å². The number of amides is 4. The fraction of sp³-hybridized carbons (Fsp3) is 0.391. The van der Waals surface area contributed by atoms with E-state index in [0.717, 1.165) is 48.3 Å². The van der Waals surface area contributed by atoms with Crippen molar-refractivity contribution in [2.24, 2.45) is 11.8 Å². The Balaban J connectivity index is 0.748. The number of nitrogens with zero attached hydrogens (tertiary/aromatic N) is 2. The molecule has 1 aliphatic carbocycles. The van der Waals surface area contributed by atoms with Gasteiger partial charge in [-0.25, -0.2) is 4.79 Å². The zero-order valence-corrected chi connectivity index (χ0v) is 33.9. The first kappa shape index (κ1) is 42.2. The van der Waals surface area contributed by atoms with Gasteiger partial charge in [0.1, 0.15) is 17.5 Å².